The van der Waals surface area contributed by atoms with Gasteiger partial charge in [-0.2, -0.15) is 0 Å². The molecule has 3 rings (SSSR count). The minimum absolute atomic E-state index is 0. The van der Waals surface area contributed by atoms with E-state index in [1.807, 2.05) is 34.1 Å². The molecule has 1 aromatic carbocycles. The molecule has 0 aliphatic carbocycles. The number of nitrogens with zero attached hydrogens (tertiary/aromatic N) is 2. The molecule has 0 unspecified atom stereocenters. The Balaban J connectivity index is 0.00000261. The molecule has 5 nitrogen and oxygen atoms in total. The third-order valence-corrected chi connectivity index (χ3v) is 5.96. The Labute approximate surface area is 168 Å². The number of halogens is 1. The van der Waals surface area contributed by atoms with Crippen LogP contribution in [0, 0.1) is 11.8 Å². The number of carbonyl (C=O) groups is 2. The number of benzene rings is 1. The largest absolute Gasteiger partial charge is 0.399 e. The van der Waals surface area contributed by atoms with E-state index < -0.39 is 0 Å². The van der Waals surface area contributed by atoms with Crippen molar-refractivity contribution in [1.82, 2.24) is 9.80 Å². The van der Waals surface area contributed by atoms with Gasteiger partial charge in [-0.25, -0.2) is 0 Å². The maximum atomic E-state index is 12.7. The monoisotopic (exact) mass is 393 g/mol. The fourth-order valence-corrected chi connectivity index (χ4v) is 4.02. The molecule has 150 valence electrons. The molecule has 2 saturated heterocycles. The van der Waals surface area contributed by atoms with Gasteiger partial charge in [0, 0.05) is 44.2 Å². The summed E-state index contributed by atoms with van der Waals surface area (Å²) in [6.45, 7) is 5.46. The number of amides is 2. The van der Waals surface area contributed by atoms with Crippen molar-refractivity contribution in [1.29, 1.82) is 0 Å². The zero-order valence-electron chi connectivity index (χ0n) is 16.2. The maximum absolute atomic E-state index is 12.7. The van der Waals surface area contributed by atoms with Gasteiger partial charge in [-0.1, -0.05) is 25.1 Å². The van der Waals surface area contributed by atoms with Gasteiger partial charge in [0.1, 0.15) is 0 Å². The number of hydrogen-bond donors (Lipinski definition) is 1. The quantitative estimate of drug-likeness (QED) is 0.799. The number of rotatable bonds is 4. The first kappa shape index (κ1) is 21.5. The Bertz CT molecular complexity index is 636. The molecule has 2 fully saturated rings. The predicted molar refractivity (Wildman–Crippen MR) is 111 cm³/mol. The molecule has 0 radical (unpaired) electrons. The molecule has 0 aromatic heterocycles. The van der Waals surface area contributed by atoms with E-state index in [2.05, 4.69) is 6.92 Å². The molecule has 0 spiro atoms. The number of nitrogen functional groups attached to an aromatic ring is 1. The third-order valence-electron chi connectivity index (χ3n) is 5.96. The molecule has 6 heteroatoms. The van der Waals surface area contributed by atoms with Gasteiger partial charge < -0.3 is 15.5 Å². The number of carbonyl (C=O) groups excluding carboxylic acids is 2. The highest BCUT2D eigenvalue weighted by molar-refractivity contribution is 5.85. The van der Waals surface area contributed by atoms with Crippen molar-refractivity contribution < 1.29 is 9.59 Å². The van der Waals surface area contributed by atoms with Crippen LogP contribution in [0.4, 0.5) is 5.69 Å². The number of hydrogen-bond acceptors (Lipinski definition) is 3. The second-order valence-corrected chi connectivity index (χ2v) is 7.86. The summed E-state index contributed by atoms with van der Waals surface area (Å²) >= 11 is 0. The first-order chi connectivity index (χ1) is 12.5. The van der Waals surface area contributed by atoms with Crippen LogP contribution in [0.1, 0.15) is 44.6 Å². The number of nitrogens with two attached hydrogens (primary N) is 1. The Morgan fingerprint density at radius 3 is 2.22 bits per heavy atom. The predicted octanol–water partition coefficient (Wildman–Crippen LogP) is 3.12. The van der Waals surface area contributed by atoms with E-state index >= 15 is 0 Å². The van der Waals surface area contributed by atoms with Gasteiger partial charge in [-0.05, 0) is 49.7 Å². The van der Waals surface area contributed by atoms with Gasteiger partial charge in [0.2, 0.25) is 11.8 Å². The van der Waals surface area contributed by atoms with Crippen LogP contribution in [0.2, 0.25) is 0 Å². The standard InChI is InChI=1S/C21H31N3O2.ClH/c1-16-8-12-24(13-9-16)21(26)18-10-14-23(15-11-18)20(25)7-6-17-4-2-3-5-19(17)22;/h2-5,16,18H,6-15,22H2,1H3;1H. The molecule has 2 aliphatic rings. The number of piperidine rings is 2. The molecule has 1 aromatic rings. The highest BCUT2D eigenvalue weighted by atomic mass is 35.5. The highest BCUT2D eigenvalue weighted by Gasteiger charge is 2.31. The Kier molecular flexibility index (Phi) is 7.96. The van der Waals surface area contributed by atoms with Gasteiger partial charge in [-0.3, -0.25) is 9.59 Å². The summed E-state index contributed by atoms with van der Waals surface area (Å²) in [5, 5.41) is 0. The summed E-state index contributed by atoms with van der Waals surface area (Å²) in [4.78, 5) is 29.1. The molecule has 0 bridgehead atoms. The lowest BCUT2D eigenvalue weighted by atomic mass is 9.92. The Hall–Kier alpha value is -1.75. The van der Waals surface area contributed by atoms with Gasteiger partial charge in [0.25, 0.3) is 0 Å². The summed E-state index contributed by atoms with van der Waals surface area (Å²) in [7, 11) is 0. The lowest BCUT2D eigenvalue weighted by Crippen LogP contribution is -2.46. The van der Waals surface area contributed by atoms with E-state index in [1.165, 1.54) is 0 Å². The van der Waals surface area contributed by atoms with Crippen molar-refractivity contribution in [3.63, 3.8) is 0 Å². The minimum atomic E-state index is 0. The lowest BCUT2D eigenvalue weighted by molar-refractivity contribution is -0.141. The Morgan fingerprint density at radius 2 is 1.59 bits per heavy atom. The average Bonchev–Trinajstić information content (AvgIpc) is 2.67. The lowest BCUT2D eigenvalue weighted by Gasteiger charge is -2.36. The number of para-hydroxylation sites is 1. The van der Waals surface area contributed by atoms with E-state index in [-0.39, 0.29) is 24.2 Å². The molecule has 0 atom stereocenters. The van der Waals surface area contributed by atoms with Crippen LogP contribution < -0.4 is 5.73 Å². The van der Waals surface area contributed by atoms with E-state index in [0.717, 1.165) is 55.9 Å². The third kappa shape index (κ3) is 5.61. The molecule has 2 heterocycles. The number of aryl methyl sites for hydroxylation is 1. The SMILES string of the molecule is CC1CCN(C(=O)C2CCN(C(=O)CCc3ccccc3N)CC2)CC1.Cl. The fourth-order valence-electron chi connectivity index (χ4n) is 4.02. The second-order valence-electron chi connectivity index (χ2n) is 7.86. The van der Waals surface area contributed by atoms with Crippen LogP contribution in [0.15, 0.2) is 24.3 Å². The summed E-state index contributed by atoms with van der Waals surface area (Å²) in [5.41, 5.74) is 7.73. The first-order valence-electron chi connectivity index (χ1n) is 9.94. The van der Waals surface area contributed by atoms with Crippen molar-refractivity contribution >= 4 is 29.9 Å². The highest BCUT2D eigenvalue weighted by Crippen LogP contribution is 2.24. The number of anilines is 1. The molecule has 2 N–H and O–H groups in total. The molecular formula is C21H32ClN3O2. The normalized spacial score (nSPS) is 18.9. The van der Waals surface area contributed by atoms with Gasteiger partial charge in [-0.15, -0.1) is 12.4 Å². The van der Waals surface area contributed by atoms with Crippen LogP contribution in [-0.4, -0.2) is 47.8 Å². The smallest absolute Gasteiger partial charge is 0.225 e. The fraction of sp³-hybridized carbons (Fsp3) is 0.619. The summed E-state index contributed by atoms with van der Waals surface area (Å²) in [6, 6.07) is 7.71. The molecule has 2 aliphatic heterocycles. The molecule has 0 saturated carbocycles. The zero-order valence-corrected chi connectivity index (χ0v) is 17.0. The van der Waals surface area contributed by atoms with Gasteiger partial charge in [0.05, 0.1) is 0 Å². The average molecular weight is 394 g/mol. The van der Waals surface area contributed by atoms with Crippen LogP contribution >= 0.6 is 12.4 Å². The molecular weight excluding hydrogens is 362 g/mol. The Morgan fingerprint density at radius 1 is 1.00 bits per heavy atom. The summed E-state index contributed by atoms with van der Waals surface area (Å²) < 4.78 is 0. The van der Waals surface area contributed by atoms with Crippen molar-refractivity contribution in [2.75, 3.05) is 31.9 Å². The second kappa shape index (κ2) is 9.98. The van der Waals surface area contributed by atoms with Crippen molar-refractivity contribution in [2.45, 2.75) is 45.4 Å². The van der Waals surface area contributed by atoms with E-state index in [4.69, 9.17) is 5.73 Å². The van der Waals surface area contributed by atoms with Crippen molar-refractivity contribution in [3.05, 3.63) is 29.8 Å². The van der Waals surface area contributed by atoms with Crippen LogP contribution in [0.25, 0.3) is 0 Å². The van der Waals surface area contributed by atoms with E-state index in [1.54, 1.807) is 0 Å². The number of likely N-dealkylation sites (tertiary alicyclic amines) is 2. The first-order valence-corrected chi connectivity index (χ1v) is 9.94. The van der Waals surface area contributed by atoms with Crippen molar-refractivity contribution in [2.24, 2.45) is 11.8 Å². The molecule has 2 amide bonds. The summed E-state index contributed by atoms with van der Waals surface area (Å²) in [6.07, 6.45) is 4.98. The van der Waals surface area contributed by atoms with Crippen molar-refractivity contribution in [3.8, 4) is 0 Å². The topological polar surface area (TPSA) is 66.6 Å². The molecule has 27 heavy (non-hydrogen) atoms. The summed E-state index contributed by atoms with van der Waals surface area (Å²) in [5.74, 6) is 1.31. The zero-order chi connectivity index (χ0) is 18.5. The minimum Gasteiger partial charge on any atom is -0.399 e. The van der Waals surface area contributed by atoms with Gasteiger partial charge >= 0.3 is 0 Å². The van der Waals surface area contributed by atoms with Gasteiger partial charge in [0.15, 0.2) is 0 Å². The van der Waals surface area contributed by atoms with Crippen LogP contribution in [0.5, 0.6) is 0 Å². The van der Waals surface area contributed by atoms with Crippen LogP contribution in [-0.2, 0) is 16.0 Å². The maximum Gasteiger partial charge on any atom is 0.225 e. The van der Waals surface area contributed by atoms with E-state index in [9.17, 15) is 9.59 Å². The van der Waals surface area contributed by atoms with Crippen LogP contribution in [0.3, 0.4) is 0 Å². The van der Waals surface area contributed by atoms with E-state index in [0.29, 0.717) is 31.8 Å².